The van der Waals surface area contributed by atoms with Crippen molar-refractivity contribution in [2.75, 3.05) is 19.8 Å². The zero-order valence-corrected chi connectivity index (χ0v) is 10.1. The molecule has 2 aliphatic rings. The number of morpholine rings is 1. The largest absolute Gasteiger partial charge is 0.481 e. The Balaban J connectivity index is 1.94. The van der Waals surface area contributed by atoms with Crippen LogP contribution in [0.15, 0.2) is 0 Å². The molecule has 1 saturated carbocycles. The van der Waals surface area contributed by atoms with Gasteiger partial charge in [-0.2, -0.15) is 0 Å². The van der Waals surface area contributed by atoms with Gasteiger partial charge >= 0.3 is 5.97 Å². The zero-order valence-electron chi connectivity index (χ0n) is 10.1. The normalized spacial score (nSPS) is 33.7. The first-order valence-corrected chi connectivity index (χ1v) is 6.20. The molecule has 1 aliphatic carbocycles. The van der Waals surface area contributed by atoms with Gasteiger partial charge in [0.05, 0.1) is 25.2 Å². The van der Waals surface area contributed by atoms with Crippen molar-refractivity contribution in [3.8, 4) is 0 Å². The molecule has 0 bridgehead atoms. The molecule has 0 radical (unpaired) electrons. The molecule has 17 heavy (non-hydrogen) atoms. The van der Waals surface area contributed by atoms with Crippen LogP contribution in [0.3, 0.4) is 0 Å². The van der Waals surface area contributed by atoms with Crippen molar-refractivity contribution in [1.29, 1.82) is 0 Å². The summed E-state index contributed by atoms with van der Waals surface area (Å²) in [4.78, 5) is 25.0. The van der Waals surface area contributed by atoms with Crippen molar-refractivity contribution in [2.45, 2.75) is 32.2 Å². The maximum absolute atomic E-state index is 12.3. The number of rotatable bonds is 2. The van der Waals surface area contributed by atoms with E-state index in [-0.39, 0.29) is 23.8 Å². The maximum Gasteiger partial charge on any atom is 0.306 e. The van der Waals surface area contributed by atoms with Gasteiger partial charge in [-0.15, -0.1) is 0 Å². The average Bonchev–Trinajstić information content (AvgIpc) is 2.78. The van der Waals surface area contributed by atoms with E-state index < -0.39 is 5.97 Å². The van der Waals surface area contributed by atoms with Crippen LogP contribution in [0, 0.1) is 11.8 Å². The van der Waals surface area contributed by atoms with Crippen molar-refractivity contribution in [3.63, 3.8) is 0 Å². The van der Waals surface area contributed by atoms with Crippen LogP contribution in [0.2, 0.25) is 0 Å². The molecule has 2 rings (SSSR count). The summed E-state index contributed by atoms with van der Waals surface area (Å²) in [5, 5.41) is 8.93. The molecule has 2 fully saturated rings. The van der Waals surface area contributed by atoms with Gasteiger partial charge in [0.25, 0.3) is 0 Å². The summed E-state index contributed by atoms with van der Waals surface area (Å²) in [6, 6.07) is 0.111. The molecule has 3 atom stereocenters. The molecule has 5 nitrogen and oxygen atoms in total. The van der Waals surface area contributed by atoms with Crippen LogP contribution in [0.4, 0.5) is 0 Å². The Morgan fingerprint density at radius 3 is 2.59 bits per heavy atom. The van der Waals surface area contributed by atoms with Gasteiger partial charge in [0.15, 0.2) is 0 Å². The van der Waals surface area contributed by atoms with Crippen LogP contribution in [0.5, 0.6) is 0 Å². The fraction of sp³-hybridized carbons (Fsp3) is 0.833. The highest BCUT2D eigenvalue weighted by Gasteiger charge is 2.37. The number of amides is 1. The smallest absolute Gasteiger partial charge is 0.306 e. The lowest BCUT2D eigenvalue weighted by Crippen LogP contribution is -2.49. The summed E-state index contributed by atoms with van der Waals surface area (Å²) in [6.07, 6.45) is 1.84. The molecule has 1 aliphatic heterocycles. The first-order chi connectivity index (χ1) is 8.09. The van der Waals surface area contributed by atoms with E-state index in [9.17, 15) is 9.59 Å². The van der Waals surface area contributed by atoms with E-state index in [1.807, 2.05) is 11.8 Å². The summed E-state index contributed by atoms with van der Waals surface area (Å²) in [7, 11) is 0. The lowest BCUT2D eigenvalue weighted by atomic mass is 10.0. The monoisotopic (exact) mass is 241 g/mol. The van der Waals surface area contributed by atoms with E-state index in [0.29, 0.717) is 39.0 Å². The third kappa shape index (κ3) is 2.60. The third-order valence-corrected chi connectivity index (χ3v) is 3.78. The molecule has 2 unspecified atom stereocenters. The predicted octanol–water partition coefficient (Wildman–Crippen LogP) is 0.735. The zero-order chi connectivity index (χ0) is 12.4. The fourth-order valence-corrected chi connectivity index (χ4v) is 2.72. The summed E-state index contributed by atoms with van der Waals surface area (Å²) >= 11 is 0. The molecule has 0 aromatic rings. The van der Waals surface area contributed by atoms with Gasteiger partial charge < -0.3 is 14.7 Å². The minimum Gasteiger partial charge on any atom is -0.481 e. The number of carbonyl (C=O) groups is 2. The number of hydrogen-bond donors (Lipinski definition) is 1. The Bertz CT molecular complexity index is 318. The van der Waals surface area contributed by atoms with Gasteiger partial charge in [-0.25, -0.2) is 0 Å². The van der Waals surface area contributed by atoms with Gasteiger partial charge in [0, 0.05) is 12.5 Å². The molecule has 1 amide bonds. The van der Waals surface area contributed by atoms with Gasteiger partial charge in [0.1, 0.15) is 0 Å². The Hall–Kier alpha value is -1.10. The number of ether oxygens (including phenoxy) is 1. The predicted molar refractivity (Wildman–Crippen MR) is 60.5 cm³/mol. The van der Waals surface area contributed by atoms with E-state index in [4.69, 9.17) is 9.84 Å². The second-order valence-electron chi connectivity index (χ2n) is 5.00. The number of carbonyl (C=O) groups excluding carboxylic acids is 1. The first kappa shape index (κ1) is 12.4. The van der Waals surface area contributed by atoms with E-state index in [1.54, 1.807) is 0 Å². The van der Waals surface area contributed by atoms with Crippen molar-refractivity contribution in [3.05, 3.63) is 0 Å². The molecular weight excluding hydrogens is 222 g/mol. The number of aliphatic carboxylic acids is 1. The van der Waals surface area contributed by atoms with Gasteiger partial charge in [-0.1, -0.05) is 0 Å². The molecule has 0 aromatic heterocycles. The summed E-state index contributed by atoms with van der Waals surface area (Å²) < 4.78 is 5.30. The second kappa shape index (κ2) is 5.04. The molecule has 96 valence electrons. The second-order valence-corrected chi connectivity index (χ2v) is 5.00. The van der Waals surface area contributed by atoms with Gasteiger partial charge in [0.2, 0.25) is 5.91 Å². The lowest BCUT2D eigenvalue weighted by Gasteiger charge is -2.35. The highest BCUT2D eigenvalue weighted by molar-refractivity contribution is 5.81. The maximum atomic E-state index is 12.3. The van der Waals surface area contributed by atoms with E-state index in [1.165, 1.54) is 0 Å². The summed E-state index contributed by atoms with van der Waals surface area (Å²) in [6.45, 7) is 3.78. The van der Waals surface area contributed by atoms with Crippen molar-refractivity contribution >= 4 is 11.9 Å². The summed E-state index contributed by atoms with van der Waals surface area (Å²) in [5.41, 5.74) is 0. The topological polar surface area (TPSA) is 66.8 Å². The van der Waals surface area contributed by atoms with Crippen molar-refractivity contribution < 1.29 is 19.4 Å². The van der Waals surface area contributed by atoms with Crippen LogP contribution in [-0.2, 0) is 14.3 Å². The SMILES string of the molecule is C[C@@H]1COCCN1C(=O)C1CCC(C(=O)O)C1. The van der Waals surface area contributed by atoms with Crippen LogP contribution < -0.4 is 0 Å². The van der Waals surface area contributed by atoms with E-state index in [0.717, 1.165) is 0 Å². The minimum atomic E-state index is -0.768. The van der Waals surface area contributed by atoms with Gasteiger partial charge in [-0.05, 0) is 26.2 Å². The molecular formula is C12H19NO4. The molecule has 1 heterocycles. The minimum absolute atomic E-state index is 0.100. The van der Waals surface area contributed by atoms with E-state index in [2.05, 4.69) is 0 Å². The lowest BCUT2D eigenvalue weighted by molar-refractivity contribution is -0.144. The number of nitrogens with zero attached hydrogens (tertiary/aromatic N) is 1. The number of carboxylic acids is 1. The highest BCUT2D eigenvalue weighted by atomic mass is 16.5. The molecule has 0 spiro atoms. The summed E-state index contributed by atoms with van der Waals surface area (Å²) in [5.74, 6) is -1.09. The van der Waals surface area contributed by atoms with Crippen LogP contribution in [0.25, 0.3) is 0 Å². The fourth-order valence-electron chi connectivity index (χ4n) is 2.72. The Morgan fingerprint density at radius 1 is 1.29 bits per heavy atom. The van der Waals surface area contributed by atoms with Crippen molar-refractivity contribution in [2.24, 2.45) is 11.8 Å². The molecule has 1 N–H and O–H groups in total. The van der Waals surface area contributed by atoms with Crippen LogP contribution >= 0.6 is 0 Å². The Labute approximate surface area is 101 Å². The average molecular weight is 241 g/mol. The highest BCUT2D eigenvalue weighted by Crippen LogP contribution is 2.33. The Kier molecular flexibility index (Phi) is 3.66. The Morgan fingerprint density at radius 2 is 2.00 bits per heavy atom. The first-order valence-electron chi connectivity index (χ1n) is 6.20. The van der Waals surface area contributed by atoms with Crippen LogP contribution in [0.1, 0.15) is 26.2 Å². The number of hydrogen-bond acceptors (Lipinski definition) is 3. The molecule has 0 aromatic carbocycles. The molecule has 1 saturated heterocycles. The quantitative estimate of drug-likeness (QED) is 0.774. The standard InChI is InChI=1S/C12H19NO4/c1-8-7-17-5-4-13(8)11(14)9-2-3-10(6-9)12(15)16/h8-10H,2-7H2,1H3,(H,15,16)/t8-,9?,10?/m1/s1. The number of carboxylic acid groups (broad SMARTS) is 1. The van der Waals surface area contributed by atoms with Gasteiger partial charge in [-0.3, -0.25) is 9.59 Å². The molecule has 5 heteroatoms. The van der Waals surface area contributed by atoms with Crippen LogP contribution in [-0.4, -0.2) is 47.7 Å². The van der Waals surface area contributed by atoms with Crippen molar-refractivity contribution in [1.82, 2.24) is 4.90 Å². The van der Waals surface area contributed by atoms with E-state index >= 15 is 0 Å². The third-order valence-electron chi connectivity index (χ3n) is 3.78.